The lowest BCUT2D eigenvalue weighted by molar-refractivity contribution is 0.414. The maximum atomic E-state index is 12.4. The quantitative estimate of drug-likeness (QED) is 0.923. The molecule has 1 N–H and O–H groups in total. The van der Waals surface area contributed by atoms with E-state index >= 15 is 0 Å². The molecular weight excluding hydrogens is 286 g/mol. The van der Waals surface area contributed by atoms with Crippen LogP contribution in [0, 0.1) is 6.92 Å². The van der Waals surface area contributed by atoms with Gasteiger partial charge in [0.15, 0.2) is 0 Å². The zero-order chi connectivity index (χ0) is 15.5. The summed E-state index contributed by atoms with van der Waals surface area (Å²) in [6.07, 6.45) is 0. The standard InChI is InChI=1S/C16H19NO3S/c1-12-6-4-5-7-16(12)21(18,19)17-13(2)14-8-10-15(20-3)11-9-14/h4-11,13,17H,1-3H3/t13-/m0/s1. The molecule has 0 saturated heterocycles. The molecule has 2 aromatic rings. The number of hydrogen-bond donors (Lipinski definition) is 1. The zero-order valence-corrected chi connectivity index (χ0v) is 13.1. The van der Waals surface area contributed by atoms with Crippen LogP contribution >= 0.6 is 0 Å². The molecular formula is C16H19NO3S. The first-order chi connectivity index (χ1) is 9.94. The van der Waals surface area contributed by atoms with E-state index in [0.717, 1.165) is 16.9 Å². The number of hydrogen-bond acceptors (Lipinski definition) is 3. The van der Waals surface area contributed by atoms with Crippen molar-refractivity contribution in [1.29, 1.82) is 0 Å². The first-order valence-corrected chi connectivity index (χ1v) is 8.14. The molecule has 0 aliphatic carbocycles. The number of benzene rings is 2. The van der Waals surface area contributed by atoms with Crippen molar-refractivity contribution in [1.82, 2.24) is 4.72 Å². The number of ether oxygens (including phenoxy) is 1. The molecule has 5 heteroatoms. The predicted molar refractivity (Wildman–Crippen MR) is 82.9 cm³/mol. The molecule has 0 saturated carbocycles. The maximum Gasteiger partial charge on any atom is 0.241 e. The van der Waals surface area contributed by atoms with E-state index in [1.54, 1.807) is 32.2 Å². The first kappa shape index (κ1) is 15.5. The van der Waals surface area contributed by atoms with E-state index in [0.29, 0.717) is 4.90 Å². The van der Waals surface area contributed by atoms with Crippen molar-refractivity contribution in [3.05, 3.63) is 59.7 Å². The second-order valence-electron chi connectivity index (χ2n) is 4.88. The van der Waals surface area contributed by atoms with Gasteiger partial charge >= 0.3 is 0 Å². The zero-order valence-electron chi connectivity index (χ0n) is 12.3. The van der Waals surface area contributed by atoms with Crippen LogP contribution in [0.25, 0.3) is 0 Å². The highest BCUT2D eigenvalue weighted by atomic mass is 32.2. The minimum atomic E-state index is -3.54. The van der Waals surface area contributed by atoms with Crippen molar-refractivity contribution in [3.8, 4) is 5.75 Å². The average Bonchev–Trinajstić information content (AvgIpc) is 2.47. The van der Waals surface area contributed by atoms with Crippen molar-refractivity contribution in [2.24, 2.45) is 0 Å². The summed E-state index contributed by atoms with van der Waals surface area (Å²) >= 11 is 0. The monoisotopic (exact) mass is 305 g/mol. The summed E-state index contributed by atoms with van der Waals surface area (Å²) in [4.78, 5) is 0.311. The van der Waals surface area contributed by atoms with Crippen LogP contribution in [0.2, 0.25) is 0 Å². The Morgan fingerprint density at radius 3 is 2.24 bits per heavy atom. The molecule has 1 atom stereocenters. The number of aryl methyl sites for hydroxylation is 1. The molecule has 21 heavy (non-hydrogen) atoms. The molecule has 0 aliphatic rings. The molecule has 0 spiro atoms. The fourth-order valence-electron chi connectivity index (χ4n) is 2.11. The van der Waals surface area contributed by atoms with Crippen molar-refractivity contribution in [2.45, 2.75) is 24.8 Å². The summed E-state index contributed by atoms with van der Waals surface area (Å²) in [5.41, 5.74) is 1.61. The Morgan fingerprint density at radius 2 is 1.67 bits per heavy atom. The Kier molecular flexibility index (Phi) is 4.65. The minimum Gasteiger partial charge on any atom is -0.497 e. The van der Waals surface area contributed by atoms with Crippen LogP contribution in [0.15, 0.2) is 53.4 Å². The average molecular weight is 305 g/mol. The van der Waals surface area contributed by atoms with Gasteiger partial charge in [-0.25, -0.2) is 13.1 Å². The van der Waals surface area contributed by atoms with Crippen molar-refractivity contribution >= 4 is 10.0 Å². The highest BCUT2D eigenvalue weighted by molar-refractivity contribution is 7.89. The molecule has 2 rings (SSSR count). The number of nitrogens with one attached hydrogen (secondary N) is 1. The molecule has 0 aliphatic heterocycles. The smallest absolute Gasteiger partial charge is 0.241 e. The SMILES string of the molecule is COc1ccc([C@H](C)NS(=O)(=O)c2ccccc2C)cc1. The van der Waals surface area contributed by atoms with E-state index in [9.17, 15) is 8.42 Å². The number of methoxy groups -OCH3 is 1. The number of sulfonamides is 1. The van der Waals surface area contributed by atoms with Gasteiger partial charge in [0.25, 0.3) is 0 Å². The van der Waals surface area contributed by atoms with E-state index < -0.39 is 10.0 Å². The molecule has 0 unspecified atom stereocenters. The minimum absolute atomic E-state index is 0.311. The van der Waals surface area contributed by atoms with Gasteiger partial charge in [0.05, 0.1) is 12.0 Å². The third kappa shape index (κ3) is 3.62. The highest BCUT2D eigenvalue weighted by Crippen LogP contribution is 2.21. The Bertz CT molecular complexity index is 709. The molecule has 112 valence electrons. The molecule has 4 nitrogen and oxygen atoms in total. The van der Waals surface area contributed by atoms with Crippen molar-refractivity contribution < 1.29 is 13.2 Å². The summed E-state index contributed by atoms with van der Waals surface area (Å²) in [5.74, 6) is 0.743. The van der Waals surface area contributed by atoms with Gasteiger partial charge in [-0.2, -0.15) is 0 Å². The van der Waals surface area contributed by atoms with Gasteiger partial charge < -0.3 is 4.74 Å². The van der Waals surface area contributed by atoms with Crippen LogP contribution in [0.4, 0.5) is 0 Å². The second kappa shape index (κ2) is 6.28. The lowest BCUT2D eigenvalue weighted by atomic mass is 10.1. The fourth-order valence-corrected chi connectivity index (χ4v) is 3.59. The summed E-state index contributed by atoms with van der Waals surface area (Å²) in [6, 6.07) is 13.9. The number of rotatable bonds is 5. The van der Waals surface area contributed by atoms with Gasteiger partial charge in [0.1, 0.15) is 5.75 Å². The Labute approximate surface area is 125 Å². The molecule has 2 aromatic carbocycles. The van der Waals surface area contributed by atoms with Gasteiger partial charge in [0, 0.05) is 6.04 Å². The van der Waals surface area contributed by atoms with Gasteiger partial charge in [0.2, 0.25) is 10.0 Å². The molecule has 0 heterocycles. The van der Waals surface area contributed by atoms with E-state index in [1.165, 1.54) is 0 Å². The van der Waals surface area contributed by atoms with Crippen LogP contribution in [0.5, 0.6) is 5.75 Å². The van der Waals surface area contributed by atoms with Gasteiger partial charge in [-0.05, 0) is 43.2 Å². The fraction of sp³-hybridized carbons (Fsp3) is 0.250. The van der Waals surface area contributed by atoms with Gasteiger partial charge in [-0.15, -0.1) is 0 Å². The second-order valence-corrected chi connectivity index (χ2v) is 6.56. The summed E-state index contributed by atoms with van der Waals surface area (Å²) < 4.78 is 32.6. The third-order valence-electron chi connectivity index (χ3n) is 3.33. The lowest BCUT2D eigenvalue weighted by Gasteiger charge is -2.16. The van der Waals surface area contributed by atoms with Crippen LogP contribution in [0.1, 0.15) is 24.1 Å². The van der Waals surface area contributed by atoms with Gasteiger partial charge in [-0.1, -0.05) is 30.3 Å². The molecule has 0 bridgehead atoms. The van der Waals surface area contributed by atoms with E-state index in [4.69, 9.17) is 4.74 Å². The third-order valence-corrected chi connectivity index (χ3v) is 5.03. The molecule has 0 aromatic heterocycles. The van der Waals surface area contributed by atoms with Crippen molar-refractivity contribution in [3.63, 3.8) is 0 Å². The first-order valence-electron chi connectivity index (χ1n) is 6.66. The van der Waals surface area contributed by atoms with Crippen LogP contribution in [0.3, 0.4) is 0 Å². The predicted octanol–water partition coefficient (Wildman–Crippen LogP) is 3.04. The summed E-state index contributed by atoms with van der Waals surface area (Å²) in [5, 5.41) is 0. The Morgan fingerprint density at radius 1 is 1.05 bits per heavy atom. The summed E-state index contributed by atoms with van der Waals surface area (Å²) in [6.45, 7) is 3.60. The normalized spacial score (nSPS) is 12.9. The van der Waals surface area contributed by atoms with E-state index in [1.807, 2.05) is 37.3 Å². The topological polar surface area (TPSA) is 55.4 Å². The summed E-state index contributed by atoms with van der Waals surface area (Å²) in [7, 11) is -1.94. The Hall–Kier alpha value is -1.85. The van der Waals surface area contributed by atoms with Crippen LogP contribution in [-0.2, 0) is 10.0 Å². The van der Waals surface area contributed by atoms with E-state index in [2.05, 4.69) is 4.72 Å². The molecule has 0 fully saturated rings. The van der Waals surface area contributed by atoms with Crippen molar-refractivity contribution in [2.75, 3.05) is 7.11 Å². The Balaban J connectivity index is 2.21. The largest absolute Gasteiger partial charge is 0.497 e. The van der Waals surface area contributed by atoms with Crippen LogP contribution < -0.4 is 9.46 Å². The van der Waals surface area contributed by atoms with Gasteiger partial charge in [-0.3, -0.25) is 0 Å². The molecule has 0 radical (unpaired) electrons. The van der Waals surface area contributed by atoms with E-state index in [-0.39, 0.29) is 6.04 Å². The highest BCUT2D eigenvalue weighted by Gasteiger charge is 2.19. The lowest BCUT2D eigenvalue weighted by Crippen LogP contribution is -2.27. The molecule has 0 amide bonds. The van der Waals surface area contributed by atoms with Crippen LogP contribution in [-0.4, -0.2) is 15.5 Å². The maximum absolute atomic E-state index is 12.4.